The zero-order valence-corrected chi connectivity index (χ0v) is 14.0. The molecule has 1 heterocycles. The van der Waals surface area contributed by atoms with E-state index in [9.17, 15) is 9.59 Å². The molecule has 0 spiro atoms. The number of rotatable bonds is 1. The number of morpholine rings is 1. The maximum absolute atomic E-state index is 13.2. The molecule has 2 aliphatic carbocycles. The molecule has 20 heavy (non-hydrogen) atoms. The van der Waals surface area contributed by atoms with Gasteiger partial charge in [0.05, 0.1) is 23.5 Å². The molecule has 3 fully saturated rings. The van der Waals surface area contributed by atoms with Crippen molar-refractivity contribution in [1.82, 2.24) is 4.90 Å². The van der Waals surface area contributed by atoms with E-state index in [1.807, 2.05) is 11.8 Å². The number of ketones is 1. The minimum absolute atomic E-state index is 0.141. The molecule has 0 aromatic carbocycles. The highest BCUT2D eigenvalue weighted by Gasteiger charge is 2.77. The molecule has 0 aromatic rings. The largest absolute Gasteiger partial charge is 0.378 e. The molecule has 3 atom stereocenters. The second kappa shape index (κ2) is 4.29. The molecule has 0 unspecified atom stereocenters. The Morgan fingerprint density at radius 1 is 1.25 bits per heavy atom. The Morgan fingerprint density at radius 2 is 1.85 bits per heavy atom. The van der Waals surface area contributed by atoms with Gasteiger partial charge in [-0.15, -0.1) is 0 Å². The lowest BCUT2D eigenvalue weighted by molar-refractivity contribution is -0.151. The van der Waals surface area contributed by atoms with E-state index in [0.717, 1.165) is 12.8 Å². The highest BCUT2D eigenvalue weighted by molar-refractivity contribution is 9.10. The number of hydrogen-bond donors (Lipinski definition) is 0. The van der Waals surface area contributed by atoms with E-state index in [1.165, 1.54) is 0 Å². The van der Waals surface area contributed by atoms with Crippen LogP contribution in [0.2, 0.25) is 0 Å². The van der Waals surface area contributed by atoms with Crippen LogP contribution >= 0.6 is 15.9 Å². The number of ether oxygens (including phenoxy) is 1. The van der Waals surface area contributed by atoms with Crippen LogP contribution in [0.5, 0.6) is 0 Å². The number of fused-ring (bicyclic) bond motifs is 2. The smallest absolute Gasteiger partial charge is 0.231 e. The highest BCUT2D eigenvalue weighted by atomic mass is 79.9. The predicted molar refractivity (Wildman–Crippen MR) is 78.7 cm³/mol. The number of amides is 1. The van der Waals surface area contributed by atoms with E-state index in [0.29, 0.717) is 26.3 Å². The van der Waals surface area contributed by atoms with Gasteiger partial charge in [0.2, 0.25) is 5.91 Å². The van der Waals surface area contributed by atoms with Crippen LogP contribution in [0.25, 0.3) is 0 Å². The zero-order chi connectivity index (χ0) is 14.8. The van der Waals surface area contributed by atoms with Crippen molar-refractivity contribution in [3.05, 3.63) is 0 Å². The fraction of sp³-hybridized carbons (Fsp3) is 0.867. The molecule has 112 valence electrons. The summed E-state index contributed by atoms with van der Waals surface area (Å²) in [6.45, 7) is 8.70. The van der Waals surface area contributed by atoms with Crippen molar-refractivity contribution in [2.75, 3.05) is 26.3 Å². The minimum atomic E-state index is -0.587. The summed E-state index contributed by atoms with van der Waals surface area (Å²) in [6, 6.07) is 0. The van der Waals surface area contributed by atoms with Gasteiger partial charge in [0.25, 0.3) is 0 Å². The Kier molecular flexibility index (Phi) is 3.11. The lowest BCUT2D eigenvalue weighted by atomic mass is 9.64. The molecule has 4 nitrogen and oxygen atoms in total. The maximum atomic E-state index is 13.2. The zero-order valence-electron chi connectivity index (χ0n) is 12.4. The average molecular weight is 344 g/mol. The van der Waals surface area contributed by atoms with Gasteiger partial charge < -0.3 is 9.64 Å². The quantitative estimate of drug-likeness (QED) is 0.684. The van der Waals surface area contributed by atoms with Crippen molar-refractivity contribution in [3.8, 4) is 0 Å². The van der Waals surface area contributed by atoms with Crippen molar-refractivity contribution in [2.24, 2.45) is 16.2 Å². The molecule has 0 radical (unpaired) electrons. The van der Waals surface area contributed by atoms with Gasteiger partial charge in [-0.1, -0.05) is 36.7 Å². The Labute approximate surface area is 128 Å². The number of hydrogen-bond acceptors (Lipinski definition) is 3. The first kappa shape index (κ1) is 14.5. The van der Waals surface area contributed by atoms with Gasteiger partial charge in [-0.3, -0.25) is 9.59 Å². The first-order chi connectivity index (χ1) is 9.29. The monoisotopic (exact) mass is 343 g/mol. The predicted octanol–water partition coefficient (Wildman–Crippen LogP) is 2.00. The molecule has 3 aliphatic rings. The first-order valence-electron chi connectivity index (χ1n) is 7.34. The van der Waals surface area contributed by atoms with Crippen LogP contribution < -0.4 is 0 Å². The third kappa shape index (κ3) is 1.41. The van der Waals surface area contributed by atoms with Gasteiger partial charge in [0.1, 0.15) is 0 Å². The molecule has 1 saturated heterocycles. The summed E-state index contributed by atoms with van der Waals surface area (Å²) in [7, 11) is 0. The van der Waals surface area contributed by atoms with E-state index < -0.39 is 5.41 Å². The maximum Gasteiger partial charge on any atom is 0.231 e. The van der Waals surface area contributed by atoms with Crippen LogP contribution in [0.1, 0.15) is 33.6 Å². The Morgan fingerprint density at radius 3 is 2.35 bits per heavy atom. The van der Waals surface area contributed by atoms with Crippen LogP contribution in [0.3, 0.4) is 0 Å². The normalized spacial score (nSPS) is 43.1. The van der Waals surface area contributed by atoms with E-state index in [1.54, 1.807) is 0 Å². The first-order valence-corrected chi connectivity index (χ1v) is 8.26. The SMILES string of the molecule is CC1(C)[C@]2(C)CC[C@@]1(C(=O)N1CCOCC1)[C@@H](Br)C2=O. The van der Waals surface area contributed by atoms with Crippen LogP contribution in [0, 0.1) is 16.2 Å². The number of alkyl halides is 1. The fourth-order valence-electron chi connectivity index (χ4n) is 4.47. The number of nitrogens with zero attached hydrogens (tertiary/aromatic N) is 1. The fourth-order valence-corrected chi connectivity index (χ4v) is 5.98. The lowest BCUT2D eigenvalue weighted by Gasteiger charge is -2.43. The lowest BCUT2D eigenvalue weighted by Crippen LogP contribution is -2.54. The Bertz CT molecular complexity index is 472. The number of carbonyl (C=O) groups excluding carboxylic acids is 2. The Balaban J connectivity index is 2.02. The van der Waals surface area contributed by atoms with Gasteiger partial charge >= 0.3 is 0 Å². The molecule has 0 N–H and O–H groups in total. The molecule has 3 rings (SSSR count). The van der Waals surface area contributed by atoms with Gasteiger partial charge in [0.15, 0.2) is 5.78 Å². The van der Waals surface area contributed by atoms with Gasteiger partial charge in [0, 0.05) is 18.5 Å². The molecule has 5 heteroatoms. The van der Waals surface area contributed by atoms with Gasteiger partial charge in [-0.05, 0) is 18.3 Å². The van der Waals surface area contributed by atoms with Crippen LogP contribution in [0.4, 0.5) is 0 Å². The standard InChI is InChI=1S/C15H22BrNO3/c1-13(2)14(3)4-5-15(13,10(16)11(14)18)12(19)17-6-8-20-9-7-17/h10H,4-9H2,1-3H3/t10-,14+,15-/m0/s1. The Hall–Kier alpha value is -0.420. The van der Waals surface area contributed by atoms with Crippen LogP contribution in [0.15, 0.2) is 0 Å². The summed E-state index contributed by atoms with van der Waals surface area (Å²) >= 11 is 3.57. The average Bonchev–Trinajstić information content (AvgIpc) is 2.71. The van der Waals surface area contributed by atoms with Crippen molar-refractivity contribution >= 4 is 27.6 Å². The van der Waals surface area contributed by atoms with Crippen molar-refractivity contribution in [3.63, 3.8) is 0 Å². The summed E-state index contributed by atoms with van der Waals surface area (Å²) < 4.78 is 5.34. The summed E-state index contributed by atoms with van der Waals surface area (Å²) in [5, 5.41) is 0. The summed E-state index contributed by atoms with van der Waals surface area (Å²) in [5.41, 5.74) is -1.28. The van der Waals surface area contributed by atoms with Crippen molar-refractivity contribution < 1.29 is 14.3 Å². The molecular formula is C15H22BrNO3. The van der Waals surface area contributed by atoms with E-state index >= 15 is 0 Å². The van der Waals surface area contributed by atoms with Gasteiger partial charge in [-0.2, -0.15) is 0 Å². The summed E-state index contributed by atoms with van der Waals surface area (Å²) in [4.78, 5) is 27.4. The van der Waals surface area contributed by atoms with Crippen molar-refractivity contribution in [1.29, 1.82) is 0 Å². The van der Waals surface area contributed by atoms with Crippen LogP contribution in [-0.2, 0) is 14.3 Å². The topological polar surface area (TPSA) is 46.6 Å². The number of carbonyl (C=O) groups is 2. The van der Waals surface area contributed by atoms with E-state index in [4.69, 9.17) is 4.74 Å². The third-order valence-corrected chi connectivity index (χ3v) is 7.60. The second-order valence-corrected chi connectivity index (χ2v) is 7.98. The number of halogens is 1. The minimum Gasteiger partial charge on any atom is -0.378 e. The summed E-state index contributed by atoms with van der Waals surface area (Å²) in [5.74, 6) is 0.345. The van der Waals surface area contributed by atoms with Crippen molar-refractivity contribution in [2.45, 2.75) is 38.4 Å². The molecular weight excluding hydrogens is 322 g/mol. The van der Waals surface area contributed by atoms with Gasteiger partial charge in [-0.25, -0.2) is 0 Å². The summed E-state index contributed by atoms with van der Waals surface area (Å²) in [6.07, 6.45) is 1.62. The molecule has 1 aliphatic heterocycles. The number of Topliss-reactive ketones (excluding diaryl/α,β-unsaturated/α-hetero) is 1. The molecule has 0 aromatic heterocycles. The second-order valence-electron chi connectivity index (χ2n) is 7.06. The molecule has 2 bridgehead atoms. The van der Waals surface area contributed by atoms with E-state index in [-0.39, 0.29) is 27.3 Å². The van der Waals surface area contributed by atoms with E-state index in [2.05, 4.69) is 29.8 Å². The third-order valence-electron chi connectivity index (χ3n) is 6.40. The molecule has 1 amide bonds. The highest BCUT2D eigenvalue weighted by Crippen LogP contribution is 2.72. The van der Waals surface area contributed by atoms with Crippen LogP contribution in [-0.4, -0.2) is 47.7 Å². The molecule has 2 saturated carbocycles.